The third kappa shape index (κ3) is 4.23. The fourth-order valence-corrected chi connectivity index (χ4v) is 2.22. The molecule has 0 aromatic heterocycles. The van der Waals surface area contributed by atoms with Gasteiger partial charge >= 0.3 is 0 Å². The van der Waals surface area contributed by atoms with Crippen molar-refractivity contribution >= 4 is 23.0 Å². The van der Waals surface area contributed by atoms with Gasteiger partial charge < -0.3 is 21.1 Å². The number of ether oxygens (including phenoxy) is 1. The number of nitrogens with two attached hydrogens (primary N) is 1. The van der Waals surface area contributed by atoms with Crippen LogP contribution in [0.3, 0.4) is 0 Å². The zero-order chi connectivity index (χ0) is 16.8. The molecule has 0 saturated carbocycles. The number of amides is 1. The SMILES string of the molecule is COCCNC(=O)c1ccc(Nc2cccc(C)c2C)c(N)c1. The third-order valence-electron chi connectivity index (χ3n) is 3.78. The molecule has 0 unspecified atom stereocenters. The first-order chi connectivity index (χ1) is 11.0. The summed E-state index contributed by atoms with van der Waals surface area (Å²) in [4.78, 5) is 12.0. The van der Waals surface area contributed by atoms with E-state index in [0.717, 1.165) is 11.4 Å². The molecular formula is C18H23N3O2. The monoisotopic (exact) mass is 313 g/mol. The lowest BCUT2D eigenvalue weighted by Crippen LogP contribution is -2.27. The quantitative estimate of drug-likeness (QED) is 0.566. The first-order valence-corrected chi connectivity index (χ1v) is 7.53. The standard InChI is InChI=1S/C18H23N3O2/c1-12-5-4-6-16(13(12)2)21-17-8-7-14(11-15(17)19)18(22)20-9-10-23-3/h4-8,11,21H,9-10,19H2,1-3H3,(H,20,22). The maximum absolute atomic E-state index is 12.0. The van der Waals surface area contributed by atoms with Crippen LogP contribution in [0.5, 0.6) is 0 Å². The number of anilines is 3. The zero-order valence-corrected chi connectivity index (χ0v) is 13.8. The van der Waals surface area contributed by atoms with Gasteiger partial charge in [-0.25, -0.2) is 0 Å². The normalized spacial score (nSPS) is 10.4. The molecule has 5 heteroatoms. The molecule has 122 valence electrons. The average molecular weight is 313 g/mol. The number of carbonyl (C=O) groups is 1. The summed E-state index contributed by atoms with van der Waals surface area (Å²) in [6.07, 6.45) is 0. The summed E-state index contributed by atoms with van der Waals surface area (Å²) in [6.45, 7) is 5.08. The van der Waals surface area contributed by atoms with Gasteiger partial charge in [0.2, 0.25) is 0 Å². The summed E-state index contributed by atoms with van der Waals surface area (Å²) in [7, 11) is 1.60. The number of carbonyl (C=O) groups excluding carboxylic acids is 1. The Morgan fingerprint density at radius 2 is 1.96 bits per heavy atom. The Labute approximate surface area is 136 Å². The van der Waals surface area contributed by atoms with Crippen LogP contribution in [0.15, 0.2) is 36.4 Å². The number of nitrogen functional groups attached to an aromatic ring is 1. The molecule has 1 amide bonds. The Morgan fingerprint density at radius 1 is 1.17 bits per heavy atom. The van der Waals surface area contributed by atoms with Gasteiger partial charge in [-0.2, -0.15) is 0 Å². The largest absolute Gasteiger partial charge is 0.397 e. The molecule has 0 spiro atoms. The molecular weight excluding hydrogens is 290 g/mol. The second kappa shape index (κ2) is 7.65. The lowest BCUT2D eigenvalue weighted by atomic mass is 10.1. The highest BCUT2D eigenvalue weighted by molar-refractivity contribution is 5.96. The summed E-state index contributed by atoms with van der Waals surface area (Å²) in [5.41, 5.74) is 11.3. The van der Waals surface area contributed by atoms with Crippen LogP contribution < -0.4 is 16.4 Å². The van der Waals surface area contributed by atoms with Crippen molar-refractivity contribution in [2.75, 3.05) is 31.3 Å². The van der Waals surface area contributed by atoms with Gasteiger partial charge in [0.1, 0.15) is 0 Å². The molecule has 2 aromatic carbocycles. The van der Waals surface area contributed by atoms with Crippen molar-refractivity contribution in [1.82, 2.24) is 5.32 Å². The van der Waals surface area contributed by atoms with Crippen molar-refractivity contribution in [3.05, 3.63) is 53.1 Å². The van der Waals surface area contributed by atoms with Gasteiger partial charge in [0.25, 0.3) is 5.91 Å². The zero-order valence-electron chi connectivity index (χ0n) is 13.8. The topological polar surface area (TPSA) is 76.4 Å². The Hall–Kier alpha value is -2.53. The van der Waals surface area contributed by atoms with E-state index in [1.807, 2.05) is 18.2 Å². The van der Waals surface area contributed by atoms with Gasteiger partial charge in [-0.3, -0.25) is 4.79 Å². The van der Waals surface area contributed by atoms with Gasteiger partial charge in [0.05, 0.1) is 18.0 Å². The number of methoxy groups -OCH3 is 1. The Bertz CT molecular complexity index is 699. The first-order valence-electron chi connectivity index (χ1n) is 7.53. The highest BCUT2D eigenvalue weighted by Gasteiger charge is 2.09. The molecule has 0 aliphatic carbocycles. The van der Waals surface area contributed by atoms with E-state index in [2.05, 4.69) is 30.5 Å². The number of aryl methyl sites for hydroxylation is 1. The van der Waals surface area contributed by atoms with Crippen LogP contribution in [-0.2, 0) is 4.74 Å². The van der Waals surface area contributed by atoms with Gasteiger partial charge in [-0.05, 0) is 49.2 Å². The van der Waals surface area contributed by atoms with Gasteiger partial charge in [0, 0.05) is 24.9 Å². The number of rotatable bonds is 6. The predicted molar refractivity (Wildman–Crippen MR) is 94.3 cm³/mol. The molecule has 0 fully saturated rings. The van der Waals surface area contributed by atoms with Gasteiger partial charge in [-0.1, -0.05) is 12.1 Å². The summed E-state index contributed by atoms with van der Waals surface area (Å²) < 4.78 is 4.91. The fraction of sp³-hybridized carbons (Fsp3) is 0.278. The summed E-state index contributed by atoms with van der Waals surface area (Å²) in [5, 5.41) is 6.10. The second-order valence-electron chi connectivity index (χ2n) is 5.42. The van der Waals surface area contributed by atoms with Gasteiger partial charge in [0.15, 0.2) is 0 Å². The van der Waals surface area contributed by atoms with E-state index in [1.165, 1.54) is 11.1 Å². The molecule has 0 aliphatic heterocycles. The van der Waals surface area contributed by atoms with E-state index in [0.29, 0.717) is 24.4 Å². The highest BCUT2D eigenvalue weighted by Crippen LogP contribution is 2.27. The van der Waals surface area contributed by atoms with Crippen LogP contribution >= 0.6 is 0 Å². The molecule has 2 rings (SSSR count). The van der Waals surface area contributed by atoms with Crippen LogP contribution in [0, 0.1) is 13.8 Å². The first kappa shape index (κ1) is 16.8. The minimum absolute atomic E-state index is 0.160. The third-order valence-corrected chi connectivity index (χ3v) is 3.78. The van der Waals surface area contributed by atoms with E-state index in [9.17, 15) is 4.79 Å². The van der Waals surface area contributed by atoms with E-state index in [1.54, 1.807) is 19.2 Å². The smallest absolute Gasteiger partial charge is 0.251 e. The van der Waals surface area contributed by atoms with Crippen molar-refractivity contribution in [3.63, 3.8) is 0 Å². The number of hydrogen-bond acceptors (Lipinski definition) is 4. The second-order valence-corrected chi connectivity index (χ2v) is 5.42. The summed E-state index contributed by atoms with van der Waals surface area (Å²) in [5.74, 6) is -0.160. The minimum Gasteiger partial charge on any atom is -0.397 e. The maximum atomic E-state index is 12.0. The molecule has 0 atom stereocenters. The Kier molecular flexibility index (Phi) is 5.60. The lowest BCUT2D eigenvalue weighted by Gasteiger charge is -2.14. The van der Waals surface area contributed by atoms with Crippen molar-refractivity contribution in [1.29, 1.82) is 0 Å². The van der Waals surface area contributed by atoms with Gasteiger partial charge in [-0.15, -0.1) is 0 Å². The molecule has 5 nitrogen and oxygen atoms in total. The van der Waals surface area contributed by atoms with Crippen LogP contribution in [0.4, 0.5) is 17.1 Å². The molecule has 2 aromatic rings. The molecule has 0 saturated heterocycles. The number of benzene rings is 2. The van der Waals surface area contributed by atoms with E-state index >= 15 is 0 Å². The molecule has 4 N–H and O–H groups in total. The van der Waals surface area contributed by atoms with Crippen molar-refractivity contribution < 1.29 is 9.53 Å². The predicted octanol–water partition coefficient (Wildman–Crippen LogP) is 3.01. The summed E-state index contributed by atoms with van der Waals surface area (Å²) in [6, 6.07) is 11.3. The summed E-state index contributed by atoms with van der Waals surface area (Å²) >= 11 is 0. The fourth-order valence-electron chi connectivity index (χ4n) is 2.22. The van der Waals surface area contributed by atoms with Crippen molar-refractivity contribution in [3.8, 4) is 0 Å². The number of hydrogen-bond donors (Lipinski definition) is 3. The molecule has 0 aliphatic rings. The average Bonchev–Trinajstić information content (AvgIpc) is 2.53. The Morgan fingerprint density at radius 3 is 2.65 bits per heavy atom. The van der Waals surface area contributed by atoms with Crippen LogP contribution in [0.1, 0.15) is 21.5 Å². The number of nitrogens with one attached hydrogen (secondary N) is 2. The minimum atomic E-state index is -0.160. The lowest BCUT2D eigenvalue weighted by molar-refractivity contribution is 0.0937. The molecule has 0 heterocycles. The van der Waals surface area contributed by atoms with E-state index < -0.39 is 0 Å². The van der Waals surface area contributed by atoms with Crippen molar-refractivity contribution in [2.45, 2.75) is 13.8 Å². The van der Waals surface area contributed by atoms with E-state index in [-0.39, 0.29) is 5.91 Å². The van der Waals surface area contributed by atoms with Crippen LogP contribution in [0.2, 0.25) is 0 Å². The molecule has 23 heavy (non-hydrogen) atoms. The highest BCUT2D eigenvalue weighted by atomic mass is 16.5. The maximum Gasteiger partial charge on any atom is 0.251 e. The van der Waals surface area contributed by atoms with E-state index in [4.69, 9.17) is 10.5 Å². The van der Waals surface area contributed by atoms with Crippen LogP contribution in [0.25, 0.3) is 0 Å². The molecule has 0 bridgehead atoms. The molecule has 0 radical (unpaired) electrons. The van der Waals surface area contributed by atoms with Crippen LogP contribution in [-0.4, -0.2) is 26.2 Å². The van der Waals surface area contributed by atoms with Crippen molar-refractivity contribution in [2.24, 2.45) is 0 Å². The Balaban J connectivity index is 2.13.